The molecule has 15 heavy (non-hydrogen) atoms. The average molecular weight is 213 g/mol. The van der Waals surface area contributed by atoms with Gasteiger partial charge in [0.05, 0.1) is 6.61 Å². The normalized spacial score (nSPS) is 16.4. The minimum absolute atomic E-state index is 0.652. The highest BCUT2D eigenvalue weighted by Gasteiger charge is 2.20. The highest BCUT2D eigenvalue weighted by atomic mass is 16.5. The van der Waals surface area contributed by atoms with E-state index in [1.807, 2.05) is 11.9 Å². The van der Waals surface area contributed by atoms with Gasteiger partial charge in [-0.3, -0.25) is 0 Å². The molecule has 4 nitrogen and oxygen atoms in total. The van der Waals surface area contributed by atoms with Gasteiger partial charge in [-0.1, -0.05) is 6.08 Å². The Morgan fingerprint density at radius 1 is 1.60 bits per heavy atom. The predicted octanol–water partition coefficient (Wildman–Crippen LogP) is 0.986. The molecule has 0 spiro atoms. The van der Waals surface area contributed by atoms with Gasteiger partial charge in [0, 0.05) is 25.8 Å². The Balaban J connectivity index is 1.92. The van der Waals surface area contributed by atoms with Crippen LogP contribution in [0.5, 0.6) is 0 Å². The number of nitrogens with zero attached hydrogens (tertiary/aromatic N) is 1. The van der Waals surface area contributed by atoms with Gasteiger partial charge in [-0.15, -0.1) is 0 Å². The first-order valence-electron chi connectivity index (χ1n) is 5.34. The molecule has 0 aliphatic heterocycles. The molecule has 0 atom stereocenters. The second kappa shape index (κ2) is 6.58. The SMILES string of the molecule is CN(CC=CC(=O)O)CCOCC1CC1. The summed E-state index contributed by atoms with van der Waals surface area (Å²) in [6.45, 7) is 3.11. The molecule has 0 aromatic carbocycles. The number of carbonyl (C=O) groups is 1. The molecule has 0 bridgehead atoms. The van der Waals surface area contributed by atoms with Gasteiger partial charge >= 0.3 is 5.97 Å². The maximum Gasteiger partial charge on any atom is 0.328 e. The van der Waals surface area contributed by atoms with E-state index < -0.39 is 5.97 Å². The van der Waals surface area contributed by atoms with Gasteiger partial charge in [0.1, 0.15) is 0 Å². The average Bonchev–Trinajstić information content (AvgIpc) is 2.95. The van der Waals surface area contributed by atoms with E-state index in [-0.39, 0.29) is 0 Å². The molecule has 1 saturated carbocycles. The van der Waals surface area contributed by atoms with E-state index in [4.69, 9.17) is 9.84 Å². The second-order valence-corrected chi connectivity index (χ2v) is 4.02. The molecule has 4 heteroatoms. The third-order valence-electron chi connectivity index (χ3n) is 2.35. The standard InChI is InChI=1S/C11H19NO3/c1-12(6-2-3-11(13)14)7-8-15-9-10-4-5-10/h2-3,10H,4-9H2,1H3,(H,13,14). The monoisotopic (exact) mass is 213 g/mol. The molecule has 1 N–H and O–H groups in total. The Hall–Kier alpha value is -0.870. The summed E-state index contributed by atoms with van der Waals surface area (Å²) >= 11 is 0. The van der Waals surface area contributed by atoms with Crippen LogP contribution < -0.4 is 0 Å². The third-order valence-corrected chi connectivity index (χ3v) is 2.35. The first kappa shape index (κ1) is 12.2. The number of hydrogen-bond donors (Lipinski definition) is 1. The summed E-state index contributed by atoms with van der Waals surface area (Å²) < 4.78 is 5.47. The van der Waals surface area contributed by atoms with Crippen molar-refractivity contribution in [3.05, 3.63) is 12.2 Å². The first-order valence-corrected chi connectivity index (χ1v) is 5.34. The molecule has 1 aliphatic carbocycles. The van der Waals surface area contributed by atoms with E-state index in [2.05, 4.69) is 0 Å². The molecule has 0 heterocycles. The van der Waals surface area contributed by atoms with Gasteiger partial charge in [-0.2, -0.15) is 0 Å². The molecular formula is C11H19NO3. The zero-order chi connectivity index (χ0) is 11.1. The summed E-state index contributed by atoms with van der Waals surface area (Å²) in [5, 5.41) is 8.38. The van der Waals surface area contributed by atoms with Crippen LogP contribution in [0.15, 0.2) is 12.2 Å². The maximum absolute atomic E-state index is 10.2. The lowest BCUT2D eigenvalue weighted by Gasteiger charge is -2.13. The summed E-state index contributed by atoms with van der Waals surface area (Å²) in [6.07, 6.45) is 5.44. The van der Waals surface area contributed by atoms with Crippen molar-refractivity contribution in [2.24, 2.45) is 5.92 Å². The Kier molecular flexibility index (Phi) is 5.36. The number of carboxylic acids is 1. The van der Waals surface area contributed by atoms with Crippen LogP contribution >= 0.6 is 0 Å². The van der Waals surface area contributed by atoms with E-state index in [0.717, 1.165) is 25.7 Å². The van der Waals surface area contributed by atoms with Crippen molar-refractivity contribution in [1.29, 1.82) is 0 Å². The molecule has 1 aliphatic rings. The number of ether oxygens (including phenoxy) is 1. The van der Waals surface area contributed by atoms with E-state index in [0.29, 0.717) is 6.54 Å². The smallest absolute Gasteiger partial charge is 0.328 e. The summed E-state index contributed by atoms with van der Waals surface area (Å²) in [5.74, 6) is -0.0874. The Morgan fingerprint density at radius 2 is 2.33 bits per heavy atom. The maximum atomic E-state index is 10.2. The Morgan fingerprint density at radius 3 is 2.93 bits per heavy atom. The lowest BCUT2D eigenvalue weighted by molar-refractivity contribution is -0.131. The van der Waals surface area contributed by atoms with Gasteiger partial charge in [0.15, 0.2) is 0 Å². The third kappa shape index (κ3) is 7.11. The van der Waals surface area contributed by atoms with E-state index in [1.54, 1.807) is 6.08 Å². The van der Waals surface area contributed by atoms with Crippen molar-refractivity contribution in [3.8, 4) is 0 Å². The van der Waals surface area contributed by atoms with Crippen LogP contribution in [0.3, 0.4) is 0 Å². The van der Waals surface area contributed by atoms with E-state index in [1.165, 1.54) is 18.9 Å². The lowest BCUT2D eigenvalue weighted by Crippen LogP contribution is -2.23. The fourth-order valence-corrected chi connectivity index (χ4v) is 1.18. The molecule has 1 fully saturated rings. The molecule has 0 amide bonds. The fourth-order valence-electron chi connectivity index (χ4n) is 1.18. The van der Waals surface area contributed by atoms with Gasteiger partial charge in [0.2, 0.25) is 0 Å². The quantitative estimate of drug-likeness (QED) is 0.482. The highest BCUT2D eigenvalue weighted by Crippen LogP contribution is 2.28. The van der Waals surface area contributed by atoms with Crippen LogP contribution in [-0.4, -0.2) is 49.3 Å². The molecule has 0 aromatic heterocycles. The van der Waals surface area contributed by atoms with Crippen LogP contribution in [0.1, 0.15) is 12.8 Å². The summed E-state index contributed by atoms with van der Waals surface area (Å²) in [4.78, 5) is 12.2. The minimum Gasteiger partial charge on any atom is -0.478 e. The van der Waals surface area contributed by atoms with Crippen LogP contribution in [0.4, 0.5) is 0 Å². The largest absolute Gasteiger partial charge is 0.478 e. The molecule has 1 rings (SSSR count). The van der Waals surface area contributed by atoms with Crippen molar-refractivity contribution in [3.63, 3.8) is 0 Å². The predicted molar refractivity (Wildman–Crippen MR) is 57.8 cm³/mol. The van der Waals surface area contributed by atoms with Gasteiger partial charge < -0.3 is 14.7 Å². The van der Waals surface area contributed by atoms with Crippen molar-refractivity contribution < 1.29 is 14.6 Å². The van der Waals surface area contributed by atoms with Crippen molar-refractivity contribution in [2.45, 2.75) is 12.8 Å². The van der Waals surface area contributed by atoms with Gasteiger partial charge in [-0.25, -0.2) is 4.79 Å². The molecule has 0 saturated heterocycles. The summed E-state index contributed by atoms with van der Waals surface area (Å²) in [5.41, 5.74) is 0. The van der Waals surface area contributed by atoms with Crippen molar-refractivity contribution in [1.82, 2.24) is 4.90 Å². The van der Waals surface area contributed by atoms with Crippen LogP contribution in [0.2, 0.25) is 0 Å². The highest BCUT2D eigenvalue weighted by molar-refractivity contribution is 5.79. The summed E-state index contributed by atoms with van der Waals surface area (Å²) in [7, 11) is 1.95. The number of likely N-dealkylation sites (N-methyl/N-ethyl adjacent to an activating group) is 1. The number of hydrogen-bond acceptors (Lipinski definition) is 3. The van der Waals surface area contributed by atoms with Crippen LogP contribution in [0, 0.1) is 5.92 Å². The van der Waals surface area contributed by atoms with Crippen molar-refractivity contribution >= 4 is 5.97 Å². The van der Waals surface area contributed by atoms with Gasteiger partial charge in [-0.05, 0) is 25.8 Å². The zero-order valence-corrected chi connectivity index (χ0v) is 9.19. The van der Waals surface area contributed by atoms with Crippen LogP contribution in [-0.2, 0) is 9.53 Å². The number of rotatable bonds is 8. The first-order chi connectivity index (χ1) is 7.18. The Labute approximate surface area is 90.5 Å². The Bertz CT molecular complexity index is 224. The molecule has 86 valence electrons. The van der Waals surface area contributed by atoms with Crippen LogP contribution in [0.25, 0.3) is 0 Å². The molecule has 0 radical (unpaired) electrons. The van der Waals surface area contributed by atoms with E-state index >= 15 is 0 Å². The topological polar surface area (TPSA) is 49.8 Å². The fraction of sp³-hybridized carbons (Fsp3) is 0.727. The minimum atomic E-state index is -0.895. The van der Waals surface area contributed by atoms with Gasteiger partial charge in [0.25, 0.3) is 0 Å². The number of aliphatic carboxylic acids is 1. The second-order valence-electron chi connectivity index (χ2n) is 4.02. The van der Waals surface area contributed by atoms with Crippen molar-refractivity contribution in [2.75, 3.05) is 33.4 Å². The zero-order valence-electron chi connectivity index (χ0n) is 9.19. The summed E-state index contributed by atoms with van der Waals surface area (Å²) in [6, 6.07) is 0. The van der Waals surface area contributed by atoms with E-state index in [9.17, 15) is 4.79 Å². The molecular weight excluding hydrogens is 194 g/mol. The molecule has 0 unspecified atom stereocenters. The number of carboxylic acid groups (broad SMARTS) is 1. The molecule has 0 aromatic rings. The lowest BCUT2D eigenvalue weighted by atomic mass is 10.4.